The molecule has 63 heavy (non-hydrogen) atoms. The summed E-state index contributed by atoms with van der Waals surface area (Å²) in [4.78, 5) is 0. The Morgan fingerprint density at radius 2 is 0.397 bits per heavy atom. The van der Waals surface area contributed by atoms with Crippen molar-refractivity contribution in [1.29, 1.82) is 0 Å². The molecular formula is C56H58O3Si4. The van der Waals surface area contributed by atoms with E-state index in [-0.39, 0.29) is 0 Å². The third kappa shape index (κ3) is 9.56. The van der Waals surface area contributed by atoms with Crippen molar-refractivity contribution < 1.29 is 12.3 Å². The van der Waals surface area contributed by atoms with Crippen LogP contribution < -0.4 is 41.5 Å². The lowest BCUT2D eigenvalue weighted by Gasteiger charge is -2.40. The van der Waals surface area contributed by atoms with E-state index in [0.29, 0.717) is 0 Å². The predicted octanol–water partition coefficient (Wildman–Crippen LogP) is 7.09. The number of rotatable bonds is 14. The standard InChI is InChI=1S/C56H58O3Si4/c1-41-9-25-49(26-10-41)60(58-62(51-29-13-43(3)14-30-51,52-31-15-44(4)16-32-52)53-33-17-45(5)18-34-53)57-61(50-27-11-42(2)12-28-50)59-63(54-35-19-46(6)20-36-54,55-37-21-47(7)22-38-55)56-39-23-48(8)24-40-56/h9-40,60-61H,1-8H3. The van der Waals surface area contributed by atoms with E-state index in [2.05, 4.69) is 250 Å². The number of hydrogen-bond donors (Lipinski definition) is 0. The van der Waals surface area contributed by atoms with Gasteiger partial charge in [-0.3, -0.25) is 0 Å². The third-order valence-electron chi connectivity index (χ3n) is 12.3. The van der Waals surface area contributed by atoms with Gasteiger partial charge < -0.3 is 12.3 Å². The average Bonchev–Trinajstić information content (AvgIpc) is 3.29. The zero-order valence-electron chi connectivity index (χ0n) is 37.9. The van der Waals surface area contributed by atoms with Crippen LogP contribution in [-0.4, -0.2) is 35.2 Å². The van der Waals surface area contributed by atoms with Crippen molar-refractivity contribution in [2.75, 3.05) is 0 Å². The Bertz CT molecular complexity index is 2320. The molecule has 7 heteroatoms. The molecule has 0 amide bonds. The first kappa shape index (κ1) is 44.1. The fraction of sp³-hybridized carbons (Fsp3) is 0.143. The fourth-order valence-corrected chi connectivity index (χ4v) is 25.7. The molecule has 0 bridgehead atoms. The van der Waals surface area contributed by atoms with Crippen molar-refractivity contribution in [2.24, 2.45) is 0 Å². The van der Waals surface area contributed by atoms with Gasteiger partial charge in [0.05, 0.1) is 0 Å². The first-order chi connectivity index (χ1) is 30.4. The van der Waals surface area contributed by atoms with E-state index < -0.39 is 35.2 Å². The molecular weight excluding hydrogens is 833 g/mol. The van der Waals surface area contributed by atoms with Gasteiger partial charge >= 0.3 is 18.6 Å². The molecule has 0 heterocycles. The topological polar surface area (TPSA) is 27.7 Å². The Balaban J connectivity index is 1.39. The average molecular weight is 891 g/mol. The highest BCUT2D eigenvalue weighted by Crippen LogP contribution is 2.19. The molecule has 3 nitrogen and oxygen atoms in total. The molecule has 8 aromatic carbocycles. The molecule has 8 rings (SSSR count). The first-order valence-corrected chi connectivity index (χ1v) is 28.9. The van der Waals surface area contributed by atoms with Crippen molar-refractivity contribution in [3.05, 3.63) is 239 Å². The Kier molecular flexibility index (Phi) is 13.4. The molecule has 0 aliphatic heterocycles. The van der Waals surface area contributed by atoms with E-state index in [0.717, 1.165) is 10.4 Å². The zero-order valence-corrected chi connectivity index (χ0v) is 42.2. The summed E-state index contributed by atoms with van der Waals surface area (Å²) in [7, 11) is -12.4. The number of aryl methyl sites for hydroxylation is 8. The quantitative estimate of drug-likeness (QED) is 0.0863. The van der Waals surface area contributed by atoms with E-state index in [1.54, 1.807) is 0 Å². The smallest absolute Gasteiger partial charge is 0.337 e. The van der Waals surface area contributed by atoms with Gasteiger partial charge in [-0.05, 0) is 96.9 Å². The van der Waals surface area contributed by atoms with Gasteiger partial charge in [0.15, 0.2) is 0 Å². The van der Waals surface area contributed by atoms with Crippen molar-refractivity contribution >= 4 is 76.7 Å². The van der Waals surface area contributed by atoms with Crippen LogP contribution in [0.5, 0.6) is 0 Å². The highest BCUT2D eigenvalue weighted by molar-refractivity contribution is 7.11. The molecule has 0 spiro atoms. The Hall–Kier alpha value is -5.49. The van der Waals surface area contributed by atoms with Gasteiger partial charge in [-0.2, -0.15) is 0 Å². The lowest BCUT2D eigenvalue weighted by Crippen LogP contribution is -2.74. The minimum absolute atomic E-state index is 1.09. The maximum Gasteiger partial charge on any atom is 0.337 e. The van der Waals surface area contributed by atoms with E-state index >= 15 is 0 Å². The van der Waals surface area contributed by atoms with Crippen LogP contribution in [0.4, 0.5) is 0 Å². The normalized spacial score (nSPS) is 12.8. The summed E-state index contributed by atoms with van der Waals surface area (Å²) in [5, 5.41) is 9.29. The maximum atomic E-state index is 8.22. The second kappa shape index (κ2) is 19.1. The van der Waals surface area contributed by atoms with Crippen molar-refractivity contribution in [3.63, 3.8) is 0 Å². The van der Waals surface area contributed by atoms with Crippen LogP contribution in [0.15, 0.2) is 194 Å². The lowest BCUT2D eigenvalue weighted by atomic mass is 10.2. The molecule has 0 aliphatic carbocycles. The van der Waals surface area contributed by atoms with Gasteiger partial charge in [0.1, 0.15) is 0 Å². The molecule has 316 valence electrons. The molecule has 2 atom stereocenters. The van der Waals surface area contributed by atoms with Gasteiger partial charge in [-0.1, -0.05) is 239 Å². The van der Waals surface area contributed by atoms with Crippen LogP contribution in [0.25, 0.3) is 0 Å². The van der Waals surface area contributed by atoms with E-state index in [1.165, 1.54) is 75.6 Å². The van der Waals surface area contributed by atoms with Gasteiger partial charge in [0, 0.05) is 0 Å². The Morgan fingerprint density at radius 3 is 0.571 bits per heavy atom. The second-order valence-corrected chi connectivity index (χ2v) is 29.2. The summed E-state index contributed by atoms with van der Waals surface area (Å²) in [5.41, 5.74) is 9.65. The van der Waals surface area contributed by atoms with Crippen LogP contribution in [-0.2, 0) is 12.3 Å². The van der Waals surface area contributed by atoms with Crippen molar-refractivity contribution in [2.45, 2.75) is 55.4 Å². The zero-order chi connectivity index (χ0) is 44.1. The SMILES string of the molecule is Cc1ccc([SiH](O[SiH](O[Si](c2ccc(C)cc2)(c2ccc(C)cc2)c2ccc(C)cc2)c2ccc(C)cc2)O[Si](c2ccc(C)cc2)(c2ccc(C)cc2)c2ccc(C)cc2)cc1. The number of hydrogen-bond acceptors (Lipinski definition) is 3. The van der Waals surface area contributed by atoms with Crippen LogP contribution in [0.1, 0.15) is 44.5 Å². The predicted molar refractivity (Wildman–Crippen MR) is 276 cm³/mol. The molecule has 0 saturated heterocycles. The molecule has 0 aliphatic rings. The lowest BCUT2D eigenvalue weighted by molar-refractivity contribution is 0.395. The molecule has 8 aromatic rings. The van der Waals surface area contributed by atoms with Crippen LogP contribution in [0.3, 0.4) is 0 Å². The van der Waals surface area contributed by atoms with Crippen LogP contribution in [0.2, 0.25) is 0 Å². The van der Waals surface area contributed by atoms with Crippen LogP contribution in [0, 0.1) is 55.4 Å². The second-order valence-electron chi connectivity index (χ2n) is 17.4. The van der Waals surface area contributed by atoms with E-state index in [1.807, 2.05) is 0 Å². The van der Waals surface area contributed by atoms with Gasteiger partial charge in [0.2, 0.25) is 0 Å². The Morgan fingerprint density at radius 1 is 0.238 bits per heavy atom. The van der Waals surface area contributed by atoms with E-state index in [4.69, 9.17) is 12.3 Å². The minimum atomic E-state index is -3.28. The summed E-state index contributed by atoms with van der Waals surface area (Å²) in [5.74, 6) is 0. The molecule has 0 aromatic heterocycles. The highest BCUT2D eigenvalue weighted by atomic mass is 28.5. The van der Waals surface area contributed by atoms with Crippen molar-refractivity contribution in [1.82, 2.24) is 0 Å². The molecule has 0 saturated carbocycles. The minimum Gasteiger partial charge on any atom is -0.424 e. The largest absolute Gasteiger partial charge is 0.424 e. The highest BCUT2D eigenvalue weighted by Gasteiger charge is 2.48. The molecule has 0 fully saturated rings. The molecule has 0 radical (unpaired) electrons. The Labute approximate surface area is 381 Å². The first-order valence-electron chi connectivity index (χ1n) is 22.0. The number of benzene rings is 8. The van der Waals surface area contributed by atoms with E-state index in [9.17, 15) is 0 Å². The third-order valence-corrected chi connectivity index (χ3v) is 27.5. The summed E-state index contributed by atoms with van der Waals surface area (Å²) in [6.07, 6.45) is 0. The van der Waals surface area contributed by atoms with Gasteiger partial charge in [-0.15, -0.1) is 0 Å². The van der Waals surface area contributed by atoms with Crippen molar-refractivity contribution in [3.8, 4) is 0 Å². The summed E-state index contributed by atoms with van der Waals surface area (Å²) < 4.78 is 24.4. The van der Waals surface area contributed by atoms with Crippen LogP contribution >= 0.6 is 0 Å². The molecule has 0 N–H and O–H groups in total. The summed E-state index contributed by atoms with van der Waals surface area (Å²) in [6.45, 7) is 17.2. The summed E-state index contributed by atoms with van der Waals surface area (Å²) >= 11 is 0. The maximum absolute atomic E-state index is 8.22. The molecule has 2 unspecified atom stereocenters. The summed E-state index contributed by atoms with van der Waals surface area (Å²) in [6, 6.07) is 71.9. The fourth-order valence-electron chi connectivity index (χ4n) is 8.37. The monoisotopic (exact) mass is 890 g/mol. The van der Waals surface area contributed by atoms with Gasteiger partial charge in [-0.25, -0.2) is 0 Å². The van der Waals surface area contributed by atoms with Gasteiger partial charge in [0.25, 0.3) is 16.6 Å².